The largest absolute Gasteiger partial charge is 0.487 e. The van der Waals surface area contributed by atoms with E-state index >= 15 is 0 Å². The van der Waals surface area contributed by atoms with Gasteiger partial charge < -0.3 is 20.1 Å². The van der Waals surface area contributed by atoms with Crippen LogP contribution in [0.1, 0.15) is 25.7 Å². The van der Waals surface area contributed by atoms with Crippen molar-refractivity contribution in [3.8, 4) is 5.75 Å². The third kappa shape index (κ3) is 3.93. The molecule has 3 rings (SSSR count). The van der Waals surface area contributed by atoms with Crippen molar-refractivity contribution in [3.05, 3.63) is 29.3 Å². The lowest BCUT2D eigenvalue weighted by atomic mass is 9.83. The zero-order chi connectivity index (χ0) is 17.1. The fourth-order valence-corrected chi connectivity index (χ4v) is 3.52. The third-order valence-electron chi connectivity index (χ3n) is 4.67. The lowest BCUT2D eigenvalue weighted by molar-refractivity contribution is -0.146. The molecule has 6 nitrogen and oxygen atoms in total. The maximum atomic E-state index is 12.6. The van der Waals surface area contributed by atoms with Gasteiger partial charge in [-0.25, -0.2) is 4.79 Å². The van der Waals surface area contributed by atoms with Crippen LogP contribution in [0.15, 0.2) is 24.3 Å². The van der Waals surface area contributed by atoms with Crippen LogP contribution >= 0.6 is 11.6 Å². The molecule has 0 spiro atoms. The molecule has 7 heteroatoms. The quantitative estimate of drug-likeness (QED) is 0.873. The Hall–Kier alpha value is -1.95. The number of carbonyl (C=O) groups is 2. The highest BCUT2D eigenvalue weighted by molar-refractivity contribution is 6.30. The van der Waals surface area contributed by atoms with Gasteiger partial charge in [0.1, 0.15) is 11.9 Å². The van der Waals surface area contributed by atoms with Gasteiger partial charge in [-0.05, 0) is 37.1 Å². The molecule has 1 heterocycles. The van der Waals surface area contributed by atoms with Gasteiger partial charge in [0.05, 0.1) is 19.0 Å². The molecule has 1 aliphatic carbocycles. The number of halogens is 1. The molecular formula is C17H21ClN2O4. The molecular weight excluding hydrogens is 332 g/mol. The van der Waals surface area contributed by atoms with Crippen molar-refractivity contribution in [1.82, 2.24) is 10.2 Å². The lowest BCUT2D eigenvalue weighted by Crippen LogP contribution is -2.60. The molecule has 130 valence electrons. The summed E-state index contributed by atoms with van der Waals surface area (Å²) < 4.78 is 5.80. The van der Waals surface area contributed by atoms with Gasteiger partial charge in [-0.1, -0.05) is 24.4 Å². The van der Waals surface area contributed by atoms with Crippen molar-refractivity contribution < 1.29 is 19.4 Å². The number of rotatable bonds is 4. The number of amides is 2. The van der Waals surface area contributed by atoms with E-state index in [1.54, 1.807) is 29.2 Å². The SMILES string of the molecule is O=C(O)N[C@@H]1CCCC[C@H]1C(=O)N1CC(Oc2ccc(Cl)cc2)C1. The fraction of sp³-hybridized carbons (Fsp3) is 0.529. The van der Waals surface area contributed by atoms with Crippen LogP contribution in [0.5, 0.6) is 5.75 Å². The summed E-state index contributed by atoms with van der Waals surface area (Å²) >= 11 is 5.84. The minimum atomic E-state index is -1.06. The number of carboxylic acid groups (broad SMARTS) is 1. The van der Waals surface area contributed by atoms with Crippen LogP contribution in [0.4, 0.5) is 4.79 Å². The average Bonchev–Trinajstić information content (AvgIpc) is 2.51. The average molecular weight is 353 g/mol. The monoisotopic (exact) mass is 352 g/mol. The van der Waals surface area contributed by atoms with Gasteiger partial charge in [-0.2, -0.15) is 0 Å². The first-order valence-corrected chi connectivity index (χ1v) is 8.61. The highest BCUT2D eigenvalue weighted by Gasteiger charge is 2.40. The Morgan fingerprint density at radius 1 is 1.17 bits per heavy atom. The van der Waals surface area contributed by atoms with Crippen molar-refractivity contribution in [3.63, 3.8) is 0 Å². The van der Waals surface area contributed by atoms with Gasteiger partial charge in [0.2, 0.25) is 5.91 Å². The van der Waals surface area contributed by atoms with E-state index in [1.165, 1.54) is 0 Å². The van der Waals surface area contributed by atoms with Crippen molar-refractivity contribution in [2.45, 2.75) is 37.8 Å². The summed E-state index contributed by atoms with van der Waals surface area (Å²) in [6.07, 6.45) is 2.30. The first kappa shape index (κ1) is 16.9. The van der Waals surface area contributed by atoms with Crippen LogP contribution < -0.4 is 10.1 Å². The van der Waals surface area contributed by atoms with E-state index < -0.39 is 6.09 Å². The van der Waals surface area contributed by atoms with E-state index in [1.807, 2.05) is 0 Å². The number of likely N-dealkylation sites (tertiary alicyclic amines) is 1. The fourth-order valence-electron chi connectivity index (χ4n) is 3.39. The molecule has 2 fully saturated rings. The Morgan fingerprint density at radius 2 is 1.83 bits per heavy atom. The number of hydrogen-bond acceptors (Lipinski definition) is 3. The Bertz CT molecular complexity index is 601. The molecule has 1 aromatic carbocycles. The normalized spacial score (nSPS) is 24.1. The zero-order valence-corrected chi connectivity index (χ0v) is 14.0. The molecule has 2 aliphatic rings. The van der Waals surface area contributed by atoms with Crippen molar-refractivity contribution in [2.75, 3.05) is 13.1 Å². The molecule has 2 amide bonds. The number of nitrogens with one attached hydrogen (secondary N) is 1. The summed E-state index contributed by atoms with van der Waals surface area (Å²) in [5.74, 6) is 0.510. The molecule has 2 atom stereocenters. The van der Waals surface area contributed by atoms with Crippen LogP contribution in [0, 0.1) is 5.92 Å². The maximum Gasteiger partial charge on any atom is 0.404 e. The van der Waals surface area contributed by atoms with Gasteiger partial charge >= 0.3 is 6.09 Å². The van der Waals surface area contributed by atoms with Gasteiger partial charge in [0, 0.05) is 11.1 Å². The summed E-state index contributed by atoms with van der Waals surface area (Å²) in [6.45, 7) is 1.08. The Kier molecular flexibility index (Phi) is 5.14. The highest BCUT2D eigenvalue weighted by Crippen LogP contribution is 2.29. The summed E-state index contributed by atoms with van der Waals surface area (Å²) in [5.41, 5.74) is 0. The Labute approximate surface area is 145 Å². The predicted molar refractivity (Wildman–Crippen MR) is 89.4 cm³/mol. The molecule has 24 heavy (non-hydrogen) atoms. The molecule has 0 radical (unpaired) electrons. The third-order valence-corrected chi connectivity index (χ3v) is 4.92. The number of hydrogen-bond donors (Lipinski definition) is 2. The van der Waals surface area contributed by atoms with Gasteiger partial charge in [-0.3, -0.25) is 4.79 Å². The van der Waals surface area contributed by atoms with E-state index in [4.69, 9.17) is 21.4 Å². The van der Waals surface area contributed by atoms with Crippen molar-refractivity contribution in [2.24, 2.45) is 5.92 Å². The molecule has 0 bridgehead atoms. The number of nitrogens with zero attached hydrogens (tertiary/aromatic N) is 1. The van der Waals surface area contributed by atoms with E-state index in [0.717, 1.165) is 31.4 Å². The smallest absolute Gasteiger partial charge is 0.404 e. The molecule has 0 unspecified atom stereocenters. The Morgan fingerprint density at radius 3 is 2.50 bits per heavy atom. The minimum absolute atomic E-state index is 0.0235. The van der Waals surface area contributed by atoms with Crippen LogP contribution in [-0.2, 0) is 4.79 Å². The van der Waals surface area contributed by atoms with E-state index in [9.17, 15) is 9.59 Å². The molecule has 2 N–H and O–H groups in total. The van der Waals surface area contributed by atoms with Crippen molar-refractivity contribution in [1.29, 1.82) is 0 Å². The van der Waals surface area contributed by atoms with Crippen LogP contribution in [0.2, 0.25) is 5.02 Å². The van der Waals surface area contributed by atoms with Gasteiger partial charge in [-0.15, -0.1) is 0 Å². The van der Waals surface area contributed by atoms with E-state index in [2.05, 4.69) is 5.32 Å². The maximum absolute atomic E-state index is 12.6. The summed E-state index contributed by atoms with van der Waals surface area (Å²) in [6, 6.07) is 6.87. The van der Waals surface area contributed by atoms with Gasteiger partial charge in [0.15, 0.2) is 0 Å². The van der Waals surface area contributed by atoms with Crippen LogP contribution in [-0.4, -0.2) is 47.2 Å². The number of ether oxygens (including phenoxy) is 1. The molecule has 1 aliphatic heterocycles. The van der Waals surface area contributed by atoms with Crippen LogP contribution in [0.25, 0.3) is 0 Å². The van der Waals surface area contributed by atoms with Gasteiger partial charge in [0.25, 0.3) is 0 Å². The zero-order valence-electron chi connectivity index (χ0n) is 13.3. The molecule has 1 saturated carbocycles. The van der Waals surface area contributed by atoms with E-state index in [-0.39, 0.29) is 24.0 Å². The predicted octanol–water partition coefficient (Wildman–Crippen LogP) is 2.76. The van der Waals surface area contributed by atoms with Crippen LogP contribution in [0.3, 0.4) is 0 Å². The summed E-state index contributed by atoms with van der Waals surface area (Å²) in [4.78, 5) is 25.3. The van der Waals surface area contributed by atoms with E-state index in [0.29, 0.717) is 18.1 Å². The standard InChI is InChI=1S/C17H21ClN2O4/c18-11-5-7-12(8-6-11)24-13-9-20(10-13)16(21)14-3-1-2-4-15(14)19-17(22)23/h5-8,13-15,19H,1-4,9-10H2,(H,22,23)/t14-,15-/m1/s1. The summed E-state index contributed by atoms with van der Waals surface area (Å²) in [7, 11) is 0. The second kappa shape index (κ2) is 7.30. The highest BCUT2D eigenvalue weighted by atomic mass is 35.5. The first-order valence-electron chi connectivity index (χ1n) is 8.23. The Balaban J connectivity index is 1.51. The topological polar surface area (TPSA) is 78.9 Å². The second-order valence-corrected chi connectivity index (χ2v) is 6.82. The first-order chi connectivity index (χ1) is 11.5. The molecule has 1 aromatic rings. The molecule has 0 aromatic heterocycles. The number of carbonyl (C=O) groups excluding carboxylic acids is 1. The minimum Gasteiger partial charge on any atom is -0.487 e. The molecule has 1 saturated heterocycles. The second-order valence-electron chi connectivity index (χ2n) is 6.38. The van der Waals surface area contributed by atoms with Crippen molar-refractivity contribution >= 4 is 23.6 Å². The lowest BCUT2D eigenvalue weighted by Gasteiger charge is -2.42. The summed E-state index contributed by atoms with van der Waals surface area (Å²) in [5, 5.41) is 12.1. The number of benzene rings is 1.